The number of hydrogen-bond acceptors (Lipinski definition) is 4. The zero-order valence-corrected chi connectivity index (χ0v) is 11.7. The summed E-state index contributed by atoms with van der Waals surface area (Å²) >= 11 is 12.0. The molecule has 0 aliphatic heterocycles. The van der Waals surface area contributed by atoms with Crippen LogP contribution >= 0.6 is 34.5 Å². The highest BCUT2D eigenvalue weighted by Crippen LogP contribution is 2.26. The first-order valence-corrected chi connectivity index (χ1v) is 7.52. The minimum absolute atomic E-state index is 0.0320. The number of thiazole rings is 1. The van der Waals surface area contributed by atoms with Crippen molar-refractivity contribution < 1.29 is 12.8 Å². The predicted molar refractivity (Wildman–Crippen MR) is 69.3 cm³/mol. The molecule has 1 heterocycles. The summed E-state index contributed by atoms with van der Waals surface area (Å²) in [6.07, 6.45) is 1.12. The van der Waals surface area contributed by atoms with E-state index < -0.39 is 15.8 Å². The molecule has 0 fully saturated rings. The highest BCUT2D eigenvalue weighted by molar-refractivity contribution is 7.94. The second-order valence-corrected chi connectivity index (χ2v) is 7.15. The van der Waals surface area contributed by atoms with Crippen molar-refractivity contribution in [2.45, 2.75) is 4.21 Å². The molecular weight excluding hydrogens is 322 g/mol. The van der Waals surface area contributed by atoms with Crippen molar-refractivity contribution in [3.63, 3.8) is 0 Å². The van der Waals surface area contributed by atoms with Crippen LogP contribution in [0.15, 0.2) is 28.6 Å². The number of rotatable bonds is 3. The number of anilines is 1. The van der Waals surface area contributed by atoms with Crippen LogP contribution in [0.1, 0.15) is 0 Å². The predicted octanol–water partition coefficient (Wildman–Crippen LogP) is 3.39. The second-order valence-electron chi connectivity index (χ2n) is 3.20. The van der Waals surface area contributed by atoms with Crippen LogP contribution in [0.2, 0.25) is 9.49 Å². The summed E-state index contributed by atoms with van der Waals surface area (Å²) in [5.74, 6) is -0.637. The van der Waals surface area contributed by atoms with E-state index in [0.717, 1.165) is 29.7 Å². The van der Waals surface area contributed by atoms with Crippen LogP contribution < -0.4 is 4.72 Å². The Kier molecular flexibility index (Phi) is 3.76. The van der Waals surface area contributed by atoms with E-state index >= 15 is 0 Å². The normalized spacial score (nSPS) is 11.5. The van der Waals surface area contributed by atoms with Gasteiger partial charge in [-0.05, 0) is 18.2 Å². The monoisotopic (exact) mass is 326 g/mol. The number of sulfonamides is 1. The minimum Gasteiger partial charge on any atom is -0.279 e. The smallest absolute Gasteiger partial charge is 0.273 e. The molecule has 96 valence electrons. The number of hydrogen-bond donors (Lipinski definition) is 1. The summed E-state index contributed by atoms with van der Waals surface area (Å²) in [6, 6.07) is 3.39. The zero-order chi connectivity index (χ0) is 13.3. The fourth-order valence-corrected chi connectivity index (χ4v) is 3.74. The first-order valence-electron chi connectivity index (χ1n) is 4.47. The topological polar surface area (TPSA) is 59.1 Å². The van der Waals surface area contributed by atoms with Gasteiger partial charge in [0, 0.05) is 5.02 Å². The maximum Gasteiger partial charge on any atom is 0.273 e. The molecule has 0 saturated heterocycles. The molecule has 1 aromatic carbocycles. The Morgan fingerprint density at radius 3 is 2.56 bits per heavy atom. The highest BCUT2D eigenvalue weighted by Gasteiger charge is 2.18. The summed E-state index contributed by atoms with van der Waals surface area (Å²) in [6.45, 7) is 0. The van der Waals surface area contributed by atoms with Crippen molar-refractivity contribution in [2.75, 3.05) is 4.72 Å². The van der Waals surface area contributed by atoms with Crippen molar-refractivity contribution in [2.24, 2.45) is 0 Å². The number of nitrogens with one attached hydrogen (secondary N) is 1. The van der Waals surface area contributed by atoms with Crippen LogP contribution in [0.25, 0.3) is 0 Å². The third-order valence-electron chi connectivity index (χ3n) is 1.84. The Morgan fingerprint density at radius 2 is 2.00 bits per heavy atom. The number of benzene rings is 1. The van der Waals surface area contributed by atoms with Gasteiger partial charge >= 0.3 is 0 Å². The first kappa shape index (κ1) is 13.5. The Morgan fingerprint density at radius 1 is 1.28 bits per heavy atom. The summed E-state index contributed by atoms with van der Waals surface area (Å²) < 4.78 is 39.0. The van der Waals surface area contributed by atoms with E-state index in [1.54, 1.807) is 0 Å². The molecule has 0 aliphatic rings. The van der Waals surface area contributed by atoms with Gasteiger partial charge in [0.15, 0.2) is 8.68 Å². The van der Waals surface area contributed by atoms with Gasteiger partial charge in [0.2, 0.25) is 0 Å². The molecule has 1 aromatic heterocycles. The van der Waals surface area contributed by atoms with Gasteiger partial charge in [-0.15, -0.1) is 0 Å². The molecule has 0 atom stereocenters. The zero-order valence-electron chi connectivity index (χ0n) is 8.52. The second kappa shape index (κ2) is 5.00. The third kappa shape index (κ3) is 3.11. The lowest BCUT2D eigenvalue weighted by molar-refractivity contribution is 0.603. The Bertz CT molecular complexity index is 667. The van der Waals surface area contributed by atoms with E-state index in [9.17, 15) is 12.8 Å². The van der Waals surface area contributed by atoms with Gasteiger partial charge in [-0.3, -0.25) is 4.72 Å². The molecule has 0 amide bonds. The van der Waals surface area contributed by atoms with Crippen LogP contribution in [0.5, 0.6) is 0 Å². The van der Waals surface area contributed by atoms with Crippen LogP contribution in [-0.4, -0.2) is 13.4 Å². The standard InChI is InChI=1S/C9H5Cl2FN2O2S2/c10-5-1-6(12)3-7(2-5)14-18(15,16)8-4-13-9(11)17-8/h1-4,14H. The van der Waals surface area contributed by atoms with Crippen LogP contribution in [-0.2, 0) is 10.0 Å². The molecule has 4 nitrogen and oxygen atoms in total. The van der Waals surface area contributed by atoms with E-state index in [1.807, 2.05) is 0 Å². The van der Waals surface area contributed by atoms with Gasteiger partial charge in [0.05, 0.1) is 11.9 Å². The maximum atomic E-state index is 13.1. The molecule has 2 rings (SSSR count). The number of nitrogens with zero attached hydrogens (tertiary/aromatic N) is 1. The van der Waals surface area contributed by atoms with Crippen molar-refractivity contribution in [3.8, 4) is 0 Å². The molecule has 0 aliphatic carbocycles. The molecule has 18 heavy (non-hydrogen) atoms. The molecule has 0 unspecified atom stereocenters. The highest BCUT2D eigenvalue weighted by atomic mass is 35.5. The van der Waals surface area contributed by atoms with Crippen molar-refractivity contribution in [1.82, 2.24) is 4.98 Å². The largest absolute Gasteiger partial charge is 0.279 e. The van der Waals surface area contributed by atoms with E-state index in [-0.39, 0.29) is 19.4 Å². The summed E-state index contributed by atoms with van der Waals surface area (Å²) in [5.41, 5.74) is 0.0320. The number of halogens is 3. The Balaban J connectivity index is 2.33. The van der Waals surface area contributed by atoms with E-state index in [4.69, 9.17) is 23.2 Å². The molecule has 0 bridgehead atoms. The van der Waals surface area contributed by atoms with E-state index in [0.29, 0.717) is 0 Å². The lowest BCUT2D eigenvalue weighted by atomic mass is 10.3. The Hall–Kier alpha value is -0.890. The van der Waals surface area contributed by atoms with Gasteiger partial charge in [0.1, 0.15) is 5.82 Å². The Labute approximate surface area is 116 Å². The maximum absolute atomic E-state index is 13.1. The van der Waals surface area contributed by atoms with Crippen molar-refractivity contribution in [1.29, 1.82) is 0 Å². The SMILES string of the molecule is O=S(=O)(Nc1cc(F)cc(Cl)c1)c1cnc(Cl)s1. The fourth-order valence-electron chi connectivity index (χ4n) is 1.18. The fraction of sp³-hybridized carbons (Fsp3) is 0. The van der Waals surface area contributed by atoms with E-state index in [1.165, 1.54) is 6.07 Å². The van der Waals surface area contributed by atoms with Gasteiger partial charge in [-0.1, -0.05) is 34.5 Å². The summed E-state index contributed by atoms with van der Waals surface area (Å²) in [7, 11) is -3.83. The van der Waals surface area contributed by atoms with Crippen molar-refractivity contribution >= 4 is 50.2 Å². The van der Waals surface area contributed by atoms with Crippen molar-refractivity contribution in [3.05, 3.63) is 39.7 Å². The lowest BCUT2D eigenvalue weighted by Crippen LogP contribution is -2.11. The molecule has 1 N–H and O–H groups in total. The molecule has 0 spiro atoms. The number of aromatic nitrogens is 1. The average Bonchev–Trinajstić information content (AvgIpc) is 2.62. The van der Waals surface area contributed by atoms with Gasteiger partial charge in [-0.2, -0.15) is 0 Å². The lowest BCUT2D eigenvalue weighted by Gasteiger charge is -2.06. The summed E-state index contributed by atoms with van der Waals surface area (Å²) in [5, 5.41) is 0.0926. The van der Waals surface area contributed by atoms with Crippen LogP contribution in [0.4, 0.5) is 10.1 Å². The van der Waals surface area contributed by atoms with Crippen LogP contribution in [0, 0.1) is 5.82 Å². The summed E-state index contributed by atoms with van der Waals surface area (Å²) in [4.78, 5) is 3.62. The van der Waals surface area contributed by atoms with Gasteiger partial charge in [-0.25, -0.2) is 17.8 Å². The molecule has 0 saturated carbocycles. The van der Waals surface area contributed by atoms with E-state index in [2.05, 4.69) is 9.71 Å². The molecular formula is C9H5Cl2FN2O2S2. The molecule has 0 radical (unpaired) electrons. The van der Waals surface area contributed by atoms with Crippen LogP contribution in [0.3, 0.4) is 0 Å². The van der Waals surface area contributed by atoms with Gasteiger partial charge < -0.3 is 0 Å². The minimum atomic E-state index is -3.83. The quantitative estimate of drug-likeness (QED) is 0.940. The average molecular weight is 327 g/mol. The van der Waals surface area contributed by atoms with Gasteiger partial charge in [0.25, 0.3) is 10.0 Å². The first-order chi connectivity index (χ1) is 8.37. The third-order valence-corrected chi connectivity index (χ3v) is 5.01. The molecule has 2 aromatic rings. The molecule has 9 heteroatoms.